The van der Waals surface area contributed by atoms with Gasteiger partial charge in [0.1, 0.15) is 6.26 Å². The van der Waals surface area contributed by atoms with Crippen LogP contribution in [0.2, 0.25) is 5.02 Å². The maximum atomic E-state index is 6.00. The zero-order chi connectivity index (χ0) is 12.3. The van der Waals surface area contributed by atoms with Crippen LogP contribution in [-0.4, -0.2) is 12.0 Å². The van der Waals surface area contributed by atoms with E-state index in [-0.39, 0.29) is 0 Å². The van der Waals surface area contributed by atoms with Crippen LogP contribution in [0.25, 0.3) is 0 Å². The number of halogens is 1. The second-order valence-corrected chi connectivity index (χ2v) is 5.07. The van der Waals surface area contributed by atoms with Gasteiger partial charge in [-0.1, -0.05) is 17.7 Å². The van der Waals surface area contributed by atoms with E-state index in [9.17, 15) is 0 Å². The van der Waals surface area contributed by atoms with Crippen molar-refractivity contribution < 1.29 is 4.42 Å². The summed E-state index contributed by atoms with van der Waals surface area (Å²) in [4.78, 5) is 5.33. The van der Waals surface area contributed by atoms with E-state index in [0.717, 1.165) is 22.2 Å². The van der Waals surface area contributed by atoms with Gasteiger partial charge in [0, 0.05) is 16.5 Å². The first-order chi connectivity index (χ1) is 8.19. The lowest BCUT2D eigenvalue weighted by molar-refractivity contribution is 0.454. The Bertz CT molecular complexity index is 513. The third-order valence-corrected chi connectivity index (χ3v) is 3.39. The van der Waals surface area contributed by atoms with Crippen molar-refractivity contribution in [1.29, 1.82) is 0 Å². The quantitative estimate of drug-likeness (QED) is 0.921. The van der Waals surface area contributed by atoms with E-state index in [4.69, 9.17) is 16.0 Å². The molecule has 0 fully saturated rings. The Balaban J connectivity index is 2.26. The maximum absolute atomic E-state index is 6.00. The largest absolute Gasteiger partial charge is 0.439 e. The smallest absolute Gasteiger partial charge is 0.260 e. The fourth-order valence-corrected chi connectivity index (χ4v) is 2.60. The van der Waals surface area contributed by atoms with Gasteiger partial charge < -0.3 is 9.73 Å². The predicted octanol–water partition coefficient (Wildman–Crippen LogP) is 3.51. The molecule has 3 nitrogen and oxygen atoms in total. The molecule has 2 aromatic rings. The van der Waals surface area contributed by atoms with E-state index >= 15 is 0 Å². The molecular formula is C12H13ClN2OS. The summed E-state index contributed by atoms with van der Waals surface area (Å²) >= 11 is 7.49. The van der Waals surface area contributed by atoms with Gasteiger partial charge in [-0.15, -0.1) is 0 Å². The van der Waals surface area contributed by atoms with Crippen molar-refractivity contribution in [1.82, 2.24) is 10.3 Å². The highest BCUT2D eigenvalue weighted by atomic mass is 35.5. The first-order valence-corrected chi connectivity index (χ1v) is 6.41. The maximum Gasteiger partial charge on any atom is 0.260 e. The molecule has 5 heteroatoms. The van der Waals surface area contributed by atoms with E-state index in [1.54, 1.807) is 6.26 Å². The summed E-state index contributed by atoms with van der Waals surface area (Å²) in [5.74, 6) is 0. The zero-order valence-electron chi connectivity index (χ0n) is 9.66. The molecule has 1 N–H and O–H groups in total. The molecule has 1 aromatic heterocycles. The van der Waals surface area contributed by atoms with E-state index in [0.29, 0.717) is 5.22 Å². The SMILES string of the molecule is CNCc1ccc(Cl)cc1Sc1nc(C)co1. The van der Waals surface area contributed by atoms with Crippen LogP contribution in [0.15, 0.2) is 39.0 Å². The number of nitrogens with zero attached hydrogens (tertiary/aromatic N) is 1. The predicted molar refractivity (Wildman–Crippen MR) is 69.6 cm³/mol. The monoisotopic (exact) mass is 268 g/mol. The molecule has 0 atom stereocenters. The Labute approximate surface area is 110 Å². The molecule has 17 heavy (non-hydrogen) atoms. The number of hydrogen-bond donors (Lipinski definition) is 1. The molecule has 0 amide bonds. The Morgan fingerprint density at radius 2 is 2.29 bits per heavy atom. The lowest BCUT2D eigenvalue weighted by Crippen LogP contribution is -2.05. The molecule has 1 heterocycles. The van der Waals surface area contributed by atoms with E-state index < -0.39 is 0 Å². The first kappa shape index (κ1) is 12.5. The zero-order valence-corrected chi connectivity index (χ0v) is 11.2. The molecule has 0 aliphatic carbocycles. The summed E-state index contributed by atoms with van der Waals surface area (Å²) in [6, 6.07) is 5.83. The van der Waals surface area contributed by atoms with Gasteiger partial charge >= 0.3 is 0 Å². The van der Waals surface area contributed by atoms with Crippen molar-refractivity contribution in [2.75, 3.05) is 7.05 Å². The molecular weight excluding hydrogens is 256 g/mol. The Hall–Kier alpha value is -0.970. The number of hydrogen-bond acceptors (Lipinski definition) is 4. The summed E-state index contributed by atoms with van der Waals surface area (Å²) in [7, 11) is 1.92. The van der Waals surface area contributed by atoms with E-state index in [1.165, 1.54) is 17.3 Å². The molecule has 1 aromatic carbocycles. The number of oxazole rings is 1. The van der Waals surface area contributed by atoms with Crippen LogP contribution in [0.4, 0.5) is 0 Å². The topological polar surface area (TPSA) is 38.1 Å². The minimum absolute atomic E-state index is 0.641. The molecule has 0 aliphatic heterocycles. The van der Waals surface area contributed by atoms with Crippen molar-refractivity contribution in [2.45, 2.75) is 23.6 Å². The van der Waals surface area contributed by atoms with Gasteiger partial charge in [-0.3, -0.25) is 0 Å². The second kappa shape index (κ2) is 5.58. The number of nitrogens with one attached hydrogen (secondary N) is 1. The van der Waals surface area contributed by atoms with Crippen LogP contribution in [-0.2, 0) is 6.54 Å². The van der Waals surface area contributed by atoms with Crippen molar-refractivity contribution in [3.05, 3.63) is 40.7 Å². The highest BCUT2D eigenvalue weighted by molar-refractivity contribution is 7.99. The van der Waals surface area contributed by atoms with Gasteiger partial charge in [0.25, 0.3) is 5.22 Å². The van der Waals surface area contributed by atoms with Crippen LogP contribution in [0.1, 0.15) is 11.3 Å². The fourth-order valence-electron chi connectivity index (χ4n) is 1.43. The standard InChI is InChI=1S/C12H13ClN2OS/c1-8-7-16-12(15-8)17-11-5-10(13)4-3-9(11)6-14-2/h3-5,7,14H,6H2,1-2H3. The molecule has 90 valence electrons. The third-order valence-electron chi connectivity index (χ3n) is 2.19. The Morgan fingerprint density at radius 3 is 2.94 bits per heavy atom. The highest BCUT2D eigenvalue weighted by Gasteiger charge is 2.08. The third kappa shape index (κ3) is 3.25. The summed E-state index contributed by atoms with van der Waals surface area (Å²) in [5.41, 5.74) is 2.06. The minimum atomic E-state index is 0.641. The van der Waals surface area contributed by atoms with Crippen molar-refractivity contribution in [3.8, 4) is 0 Å². The normalized spacial score (nSPS) is 10.8. The fraction of sp³-hybridized carbons (Fsp3) is 0.250. The second-order valence-electron chi connectivity index (χ2n) is 3.64. The van der Waals surface area contributed by atoms with Gasteiger partial charge in [0.15, 0.2) is 0 Å². The van der Waals surface area contributed by atoms with Gasteiger partial charge in [-0.25, -0.2) is 4.98 Å². The van der Waals surface area contributed by atoms with Gasteiger partial charge in [-0.2, -0.15) is 0 Å². The van der Waals surface area contributed by atoms with Crippen LogP contribution in [0, 0.1) is 6.92 Å². The first-order valence-electron chi connectivity index (χ1n) is 5.22. The molecule has 0 bridgehead atoms. The lowest BCUT2D eigenvalue weighted by atomic mass is 10.2. The summed E-state index contributed by atoms with van der Waals surface area (Å²) in [6.45, 7) is 2.69. The average molecular weight is 269 g/mol. The van der Waals surface area contributed by atoms with Gasteiger partial charge in [0.2, 0.25) is 0 Å². The van der Waals surface area contributed by atoms with Crippen molar-refractivity contribution in [3.63, 3.8) is 0 Å². The molecule has 0 radical (unpaired) electrons. The molecule has 0 unspecified atom stereocenters. The highest BCUT2D eigenvalue weighted by Crippen LogP contribution is 2.31. The number of aryl methyl sites for hydroxylation is 1. The minimum Gasteiger partial charge on any atom is -0.439 e. The van der Waals surface area contributed by atoms with E-state index in [1.807, 2.05) is 32.2 Å². The summed E-state index contributed by atoms with van der Waals surface area (Å²) in [6.07, 6.45) is 1.64. The van der Waals surface area contributed by atoms with Crippen molar-refractivity contribution in [2.24, 2.45) is 0 Å². The van der Waals surface area contributed by atoms with Crippen LogP contribution in [0.3, 0.4) is 0 Å². The molecule has 0 saturated carbocycles. The molecule has 0 saturated heterocycles. The molecule has 2 rings (SSSR count). The Kier molecular flexibility index (Phi) is 4.10. The number of benzene rings is 1. The van der Waals surface area contributed by atoms with Crippen LogP contribution < -0.4 is 5.32 Å². The lowest BCUT2D eigenvalue weighted by Gasteiger charge is -2.07. The number of rotatable bonds is 4. The summed E-state index contributed by atoms with van der Waals surface area (Å²) < 4.78 is 5.33. The molecule has 0 aliphatic rings. The van der Waals surface area contributed by atoms with Gasteiger partial charge in [0.05, 0.1) is 5.69 Å². The Morgan fingerprint density at radius 1 is 1.47 bits per heavy atom. The summed E-state index contributed by atoms with van der Waals surface area (Å²) in [5, 5.41) is 4.49. The van der Waals surface area contributed by atoms with Crippen molar-refractivity contribution >= 4 is 23.4 Å². The number of aromatic nitrogens is 1. The van der Waals surface area contributed by atoms with Gasteiger partial charge in [-0.05, 0) is 43.4 Å². The van der Waals surface area contributed by atoms with Crippen LogP contribution >= 0.6 is 23.4 Å². The average Bonchev–Trinajstić information content (AvgIpc) is 2.68. The van der Waals surface area contributed by atoms with E-state index in [2.05, 4.69) is 10.3 Å². The van der Waals surface area contributed by atoms with Crippen LogP contribution in [0.5, 0.6) is 0 Å². The molecule has 0 spiro atoms.